The van der Waals surface area contributed by atoms with Gasteiger partial charge in [-0.3, -0.25) is 14.4 Å². The summed E-state index contributed by atoms with van der Waals surface area (Å²) in [6, 6.07) is 110. The fraction of sp³-hybridized carbons (Fsp3) is 0.0481. The average Bonchev–Trinajstić information content (AvgIpc) is 0.738. The van der Waals surface area contributed by atoms with Crippen molar-refractivity contribution in [2.75, 3.05) is 7.11 Å². The molecule has 0 unspecified atom stereocenters. The summed E-state index contributed by atoms with van der Waals surface area (Å²) in [5.41, 5.74) is 10.8. The van der Waals surface area contributed by atoms with Crippen LogP contribution in [0.25, 0.3) is 174 Å². The molecule has 114 heavy (non-hydrogen) atoms. The highest BCUT2D eigenvalue weighted by molar-refractivity contribution is 9.11. The Morgan fingerprint density at radius 3 is 0.737 bits per heavy atom. The number of hydrogen-bond donors (Lipinski definition) is 2. The van der Waals surface area contributed by atoms with E-state index in [-0.39, 0.29) is 28.8 Å². The van der Waals surface area contributed by atoms with Gasteiger partial charge >= 0.3 is 0 Å². The van der Waals surface area contributed by atoms with Gasteiger partial charge in [-0.1, -0.05) is 294 Å². The van der Waals surface area contributed by atoms with Gasteiger partial charge in [0.1, 0.15) is 17.2 Å². The fourth-order valence-corrected chi connectivity index (χ4v) is 18.8. The zero-order valence-electron chi connectivity index (χ0n) is 62.6. The van der Waals surface area contributed by atoms with Crippen molar-refractivity contribution < 1.29 is 29.3 Å². The summed E-state index contributed by atoms with van der Waals surface area (Å²) in [5, 5.41) is 49.1. The number of halogens is 4. The Labute approximate surface area is 692 Å². The summed E-state index contributed by atoms with van der Waals surface area (Å²) in [5.74, 6) is 0.636. The molecule has 20 aromatic rings. The van der Waals surface area contributed by atoms with Crippen LogP contribution in [0.15, 0.2) is 339 Å². The Morgan fingerprint density at radius 1 is 0.237 bits per heavy atom. The van der Waals surface area contributed by atoms with E-state index in [1.807, 2.05) is 67.6 Å². The quantitative estimate of drug-likeness (QED) is 0.116. The zero-order chi connectivity index (χ0) is 78.7. The number of methoxy groups -OCH3 is 1. The number of aryl methyl sites for hydroxylation is 1. The molecule has 0 saturated heterocycles. The summed E-state index contributed by atoms with van der Waals surface area (Å²) < 4.78 is 9.97. The first kappa shape index (κ1) is 74.6. The number of phenols is 2. The molecule has 0 aromatic heterocycles. The van der Waals surface area contributed by atoms with E-state index in [2.05, 4.69) is 300 Å². The summed E-state index contributed by atoms with van der Waals surface area (Å²) >= 11 is 14.9. The van der Waals surface area contributed by atoms with E-state index < -0.39 is 0 Å². The Morgan fingerprint density at radius 2 is 0.465 bits per heavy atom. The van der Waals surface area contributed by atoms with Crippen molar-refractivity contribution >= 4 is 210 Å². The number of aromatic hydroxyl groups is 2. The molecule has 550 valence electrons. The topological polar surface area (TPSA) is 101 Å². The van der Waals surface area contributed by atoms with Crippen LogP contribution in [0, 0.1) is 6.92 Å². The molecular formula is C104H70Br4O6. The lowest BCUT2D eigenvalue weighted by atomic mass is 9.87. The van der Waals surface area contributed by atoms with Gasteiger partial charge in [0, 0.05) is 23.5 Å². The van der Waals surface area contributed by atoms with Gasteiger partial charge in [0.2, 0.25) is 0 Å². The zero-order valence-corrected chi connectivity index (χ0v) is 69.0. The molecule has 0 aliphatic rings. The number of fused-ring (bicyclic) bond motifs is 20. The highest BCUT2D eigenvalue weighted by Crippen LogP contribution is 2.47. The molecule has 0 bridgehead atoms. The standard InChI is InChI=1S/C33H24O3.C27H19BrO.C26H17BrO2.C18H10Br2/c1-20(34)28-17-22(14-15-33(28)35)30-19-32-26-12-5-3-10-24(26)29(21-8-7-9-23(16-21)36-2)18-31(32)27-13-6-4-11-25(27)30;1-16-11-12-18(13-23(16)17(2)29)24-14-25-21-9-5-6-10-22(21)27(28)15-26(25)20-8-4-3-7-19(20)24;1-15(28)21-12-16(10-11-26(21)29)22-13-23-19-8-4-5-9-20(19)25(27)14-24(23)18-7-3-2-6-17(18)22;19-17-10-16-12-6-2-4-8-14(12)18(20)9-15(16)11-5-1-3-7-13(11)17/h3-19,35H,1-2H3;3-15H,1-2H3;2-14,29H,1H3;1-10H. The number of benzene rings is 20. The molecule has 6 nitrogen and oxygen atoms in total. The number of ether oxygens (including phenoxy) is 1. The summed E-state index contributed by atoms with van der Waals surface area (Å²) in [7, 11) is 1.69. The van der Waals surface area contributed by atoms with Crippen LogP contribution in [0.2, 0.25) is 0 Å². The predicted octanol–water partition coefficient (Wildman–Crippen LogP) is 30.6. The molecule has 0 radical (unpaired) electrons. The van der Waals surface area contributed by atoms with Crippen molar-refractivity contribution in [3.05, 3.63) is 362 Å². The van der Waals surface area contributed by atoms with Gasteiger partial charge < -0.3 is 14.9 Å². The van der Waals surface area contributed by atoms with Crippen molar-refractivity contribution in [1.82, 2.24) is 0 Å². The monoisotopic (exact) mass is 1730 g/mol. The van der Waals surface area contributed by atoms with E-state index in [9.17, 15) is 24.6 Å². The summed E-state index contributed by atoms with van der Waals surface area (Å²) in [6.45, 7) is 6.58. The Hall–Kier alpha value is -12.2. The lowest BCUT2D eigenvalue weighted by Gasteiger charge is -2.16. The van der Waals surface area contributed by atoms with Gasteiger partial charge in [0.25, 0.3) is 0 Å². The average molecular weight is 1740 g/mol. The maximum absolute atomic E-state index is 12.1. The third kappa shape index (κ3) is 13.7. The first-order valence-electron chi connectivity index (χ1n) is 37.5. The minimum absolute atomic E-state index is 0.00438. The predicted molar refractivity (Wildman–Crippen MR) is 493 cm³/mol. The van der Waals surface area contributed by atoms with E-state index in [0.29, 0.717) is 11.1 Å². The van der Waals surface area contributed by atoms with Crippen LogP contribution in [-0.4, -0.2) is 34.7 Å². The summed E-state index contributed by atoms with van der Waals surface area (Å²) in [4.78, 5) is 36.3. The van der Waals surface area contributed by atoms with Gasteiger partial charge in [-0.25, -0.2) is 0 Å². The normalized spacial score (nSPS) is 11.4. The second-order valence-corrected chi connectivity index (χ2v) is 32.2. The Kier molecular flexibility index (Phi) is 20.3. The van der Waals surface area contributed by atoms with Crippen LogP contribution >= 0.6 is 63.7 Å². The van der Waals surface area contributed by atoms with Crippen LogP contribution in [0.5, 0.6) is 17.2 Å². The number of phenolic OH excluding ortho intramolecular Hbond substituents is 2. The molecule has 0 spiro atoms. The second-order valence-electron chi connectivity index (χ2n) is 28.8. The molecule has 20 aromatic carbocycles. The van der Waals surface area contributed by atoms with E-state index >= 15 is 0 Å². The van der Waals surface area contributed by atoms with E-state index in [4.69, 9.17) is 4.74 Å². The molecule has 0 saturated carbocycles. The largest absolute Gasteiger partial charge is 0.507 e. The smallest absolute Gasteiger partial charge is 0.163 e. The van der Waals surface area contributed by atoms with Crippen molar-refractivity contribution in [1.29, 1.82) is 0 Å². The van der Waals surface area contributed by atoms with E-state index in [1.54, 1.807) is 38.3 Å². The third-order valence-corrected chi connectivity index (χ3v) is 24.6. The fourth-order valence-electron chi connectivity index (χ4n) is 16.5. The maximum atomic E-state index is 12.1. The third-order valence-electron chi connectivity index (χ3n) is 22.0. The lowest BCUT2D eigenvalue weighted by Crippen LogP contribution is -1.96. The van der Waals surface area contributed by atoms with Crippen LogP contribution < -0.4 is 4.74 Å². The molecule has 20 rings (SSSR count). The highest BCUT2D eigenvalue weighted by Gasteiger charge is 2.21. The van der Waals surface area contributed by atoms with Gasteiger partial charge in [-0.15, -0.1) is 0 Å². The van der Waals surface area contributed by atoms with E-state index in [1.165, 1.54) is 89.3 Å². The maximum Gasteiger partial charge on any atom is 0.163 e. The van der Waals surface area contributed by atoms with Crippen molar-refractivity contribution in [2.45, 2.75) is 27.7 Å². The number of hydrogen-bond acceptors (Lipinski definition) is 6. The van der Waals surface area contributed by atoms with Crippen molar-refractivity contribution in [2.24, 2.45) is 0 Å². The van der Waals surface area contributed by atoms with Crippen molar-refractivity contribution in [3.63, 3.8) is 0 Å². The van der Waals surface area contributed by atoms with Crippen LogP contribution in [0.4, 0.5) is 0 Å². The molecule has 0 atom stereocenters. The number of rotatable bonds is 8. The first-order chi connectivity index (χ1) is 55.4. The molecule has 0 heterocycles. The number of ketones is 3. The number of carbonyl (C=O) groups is 3. The molecule has 0 amide bonds. The van der Waals surface area contributed by atoms with Gasteiger partial charge in [-0.05, 0) is 298 Å². The molecule has 10 heteroatoms. The minimum atomic E-state index is -0.159. The second kappa shape index (κ2) is 31.1. The molecule has 0 aliphatic carbocycles. The molecular weight excluding hydrogens is 1660 g/mol. The minimum Gasteiger partial charge on any atom is -0.507 e. The molecule has 0 fully saturated rings. The van der Waals surface area contributed by atoms with Crippen LogP contribution in [0.3, 0.4) is 0 Å². The van der Waals surface area contributed by atoms with Gasteiger partial charge in [0.15, 0.2) is 17.3 Å². The van der Waals surface area contributed by atoms with Crippen molar-refractivity contribution in [3.8, 4) is 61.8 Å². The number of Topliss-reactive ketones (excluding diaryl/α,β-unsaturated/α-hetero) is 3. The lowest BCUT2D eigenvalue weighted by molar-refractivity contribution is 0.100. The Bertz CT molecular complexity index is 7120. The van der Waals surface area contributed by atoms with E-state index in [0.717, 1.165) is 133 Å². The number of carbonyl (C=O) groups excluding carboxylic acids is 3. The first-order valence-corrected chi connectivity index (χ1v) is 40.6. The van der Waals surface area contributed by atoms with Crippen LogP contribution in [-0.2, 0) is 0 Å². The SMILES string of the molecule is Brc1cc2c3ccccc3c(Br)cc2c2ccccc12.CC(=O)c1cc(-c2cc3c4ccccc4c(Br)cc3c3ccccc23)ccc1C.CC(=O)c1cc(-c2cc3c4ccccc4c(Br)cc3c3ccccc23)ccc1O.COc1cccc(-c2cc3c4ccccc4c(-c4ccc(O)c(C(C)=O)c4)cc3c3ccccc23)c1. The highest BCUT2D eigenvalue weighted by atomic mass is 79.9. The summed E-state index contributed by atoms with van der Waals surface area (Å²) in [6.07, 6.45) is 0. The van der Waals surface area contributed by atoms with Gasteiger partial charge in [0.05, 0.1) is 18.2 Å². The molecule has 2 N–H and O–H groups in total. The van der Waals surface area contributed by atoms with Crippen LogP contribution in [0.1, 0.15) is 57.4 Å². The molecule has 0 aliphatic heterocycles. The van der Waals surface area contributed by atoms with Gasteiger partial charge in [-0.2, -0.15) is 0 Å². The Balaban J connectivity index is 0.000000112.